The fourth-order valence-electron chi connectivity index (χ4n) is 2.61. The van der Waals surface area contributed by atoms with Gasteiger partial charge >= 0.3 is 0 Å². The first-order valence-electron chi connectivity index (χ1n) is 8.17. The molecule has 3 heterocycles. The second-order valence-electron chi connectivity index (χ2n) is 5.52. The Kier molecular flexibility index (Phi) is 4.37. The number of aromatic nitrogens is 3. The van der Waals surface area contributed by atoms with Gasteiger partial charge in [-0.2, -0.15) is 5.10 Å². The van der Waals surface area contributed by atoms with E-state index in [1.165, 1.54) is 0 Å². The molecule has 3 aromatic heterocycles. The van der Waals surface area contributed by atoms with Crippen molar-refractivity contribution in [2.24, 2.45) is 0 Å². The van der Waals surface area contributed by atoms with Crippen LogP contribution in [0.3, 0.4) is 0 Å². The fourth-order valence-corrected chi connectivity index (χ4v) is 3.35. The lowest BCUT2D eigenvalue weighted by Crippen LogP contribution is -2.12. The first kappa shape index (κ1) is 16.3. The molecule has 0 aliphatic heterocycles. The van der Waals surface area contributed by atoms with Gasteiger partial charge in [0, 0.05) is 18.0 Å². The Balaban J connectivity index is 1.60. The average Bonchev–Trinajstić information content (AvgIpc) is 3.33. The smallest absolute Gasteiger partial charge is 0.276 e. The number of nitrogens with one attached hydrogen (secondary N) is 1. The maximum absolute atomic E-state index is 12.5. The van der Waals surface area contributed by atoms with E-state index in [-0.39, 0.29) is 5.91 Å². The van der Waals surface area contributed by atoms with Crippen LogP contribution in [0, 0.1) is 0 Å². The molecule has 26 heavy (non-hydrogen) atoms. The van der Waals surface area contributed by atoms with Crippen LogP contribution in [0.4, 0.5) is 5.69 Å². The number of benzene rings is 1. The molecule has 0 saturated heterocycles. The van der Waals surface area contributed by atoms with Gasteiger partial charge in [0.2, 0.25) is 0 Å². The fraction of sp³-hybridized carbons (Fsp3) is 0.105. The molecule has 0 aliphatic carbocycles. The number of thiophene rings is 1. The first-order valence-corrected chi connectivity index (χ1v) is 9.05. The van der Waals surface area contributed by atoms with Crippen LogP contribution in [0.15, 0.2) is 60.1 Å². The van der Waals surface area contributed by atoms with Crippen molar-refractivity contribution in [1.29, 1.82) is 0 Å². The second kappa shape index (κ2) is 6.97. The molecule has 0 radical (unpaired) electrons. The molecule has 0 spiro atoms. The molecule has 0 atom stereocenters. The Morgan fingerprint density at radius 3 is 2.81 bits per heavy atom. The maximum Gasteiger partial charge on any atom is 0.276 e. The van der Waals surface area contributed by atoms with Gasteiger partial charge in [-0.3, -0.25) is 4.79 Å². The van der Waals surface area contributed by atoms with E-state index < -0.39 is 0 Å². The normalized spacial score (nSPS) is 10.8. The van der Waals surface area contributed by atoms with Gasteiger partial charge in [0.05, 0.1) is 17.2 Å². The Hall–Kier alpha value is -3.19. The van der Waals surface area contributed by atoms with Gasteiger partial charge in [0.1, 0.15) is 5.75 Å². The Morgan fingerprint density at radius 2 is 2.08 bits per heavy atom. The minimum absolute atomic E-state index is 0.281. The van der Waals surface area contributed by atoms with Crippen molar-refractivity contribution in [3.05, 3.63) is 65.8 Å². The van der Waals surface area contributed by atoms with Crippen LogP contribution >= 0.6 is 11.3 Å². The number of fused-ring (bicyclic) bond motifs is 1. The lowest BCUT2D eigenvalue weighted by Gasteiger charge is -2.05. The van der Waals surface area contributed by atoms with E-state index in [4.69, 9.17) is 4.74 Å². The number of hydrogen-bond donors (Lipinski definition) is 1. The molecule has 4 rings (SSSR count). The summed E-state index contributed by atoms with van der Waals surface area (Å²) in [5.74, 6) is 0.486. The standard InChI is InChI=1S/C19H16N4O2S/c1-2-25-14-7-5-13(6-8-14)21-19(24)15-12-18-20-10-9-16(23(18)22-15)17-4-3-11-26-17/h3-12H,2H2,1H3,(H,21,24). The predicted molar refractivity (Wildman–Crippen MR) is 102 cm³/mol. The lowest BCUT2D eigenvalue weighted by atomic mass is 10.3. The molecule has 130 valence electrons. The van der Waals surface area contributed by atoms with Crippen molar-refractivity contribution >= 4 is 28.6 Å². The van der Waals surface area contributed by atoms with E-state index >= 15 is 0 Å². The zero-order valence-corrected chi connectivity index (χ0v) is 14.9. The van der Waals surface area contributed by atoms with Gasteiger partial charge in [-0.15, -0.1) is 11.3 Å². The van der Waals surface area contributed by atoms with Crippen LogP contribution in [0.2, 0.25) is 0 Å². The average molecular weight is 364 g/mol. The maximum atomic E-state index is 12.5. The van der Waals surface area contributed by atoms with Crippen molar-refractivity contribution in [3.8, 4) is 16.3 Å². The molecular weight excluding hydrogens is 348 g/mol. The molecule has 1 N–H and O–H groups in total. The highest BCUT2D eigenvalue weighted by Gasteiger charge is 2.14. The van der Waals surface area contributed by atoms with Crippen LogP contribution < -0.4 is 10.1 Å². The predicted octanol–water partition coefficient (Wildman–Crippen LogP) is 4.11. The summed E-state index contributed by atoms with van der Waals surface area (Å²) < 4.78 is 7.10. The van der Waals surface area contributed by atoms with Gasteiger partial charge in [0.25, 0.3) is 5.91 Å². The third-order valence-corrected chi connectivity index (χ3v) is 4.68. The number of nitrogens with zero attached hydrogens (tertiary/aromatic N) is 3. The van der Waals surface area contributed by atoms with Crippen LogP contribution in [0.25, 0.3) is 16.2 Å². The third kappa shape index (κ3) is 3.16. The summed E-state index contributed by atoms with van der Waals surface area (Å²) >= 11 is 1.62. The molecule has 0 aliphatic rings. The zero-order chi connectivity index (χ0) is 17.9. The van der Waals surface area contributed by atoms with E-state index in [0.29, 0.717) is 23.6 Å². The molecule has 7 heteroatoms. The van der Waals surface area contributed by atoms with Crippen molar-refractivity contribution in [1.82, 2.24) is 14.6 Å². The van der Waals surface area contributed by atoms with Gasteiger partial charge in [-0.25, -0.2) is 9.50 Å². The van der Waals surface area contributed by atoms with E-state index in [1.807, 2.05) is 42.6 Å². The molecule has 1 amide bonds. The minimum atomic E-state index is -0.281. The van der Waals surface area contributed by atoms with Gasteiger partial charge in [-0.05, 0) is 48.7 Å². The highest BCUT2D eigenvalue weighted by atomic mass is 32.1. The highest BCUT2D eigenvalue weighted by molar-refractivity contribution is 7.13. The van der Waals surface area contributed by atoms with Crippen LogP contribution in [0.5, 0.6) is 5.75 Å². The first-order chi connectivity index (χ1) is 12.7. The topological polar surface area (TPSA) is 68.5 Å². The molecule has 6 nitrogen and oxygen atoms in total. The van der Waals surface area contributed by atoms with E-state index in [0.717, 1.165) is 16.3 Å². The third-order valence-electron chi connectivity index (χ3n) is 3.79. The number of hydrogen-bond acceptors (Lipinski definition) is 5. The SMILES string of the molecule is CCOc1ccc(NC(=O)c2cc3nccc(-c4cccs4)n3n2)cc1. The Labute approximate surface area is 154 Å². The van der Waals surface area contributed by atoms with Crippen LogP contribution in [-0.4, -0.2) is 27.1 Å². The summed E-state index contributed by atoms with van der Waals surface area (Å²) in [6.07, 6.45) is 1.72. The highest BCUT2D eigenvalue weighted by Crippen LogP contribution is 2.25. The molecule has 0 fully saturated rings. The van der Waals surface area contributed by atoms with Crippen molar-refractivity contribution < 1.29 is 9.53 Å². The van der Waals surface area contributed by atoms with Gasteiger partial charge in [0.15, 0.2) is 11.3 Å². The summed E-state index contributed by atoms with van der Waals surface area (Å²) in [6, 6.07) is 14.8. The van der Waals surface area contributed by atoms with Gasteiger partial charge < -0.3 is 10.1 Å². The number of ether oxygens (including phenoxy) is 1. The Bertz CT molecular complexity index is 1040. The van der Waals surface area contributed by atoms with Crippen molar-refractivity contribution in [3.63, 3.8) is 0 Å². The van der Waals surface area contributed by atoms with Crippen molar-refractivity contribution in [2.75, 3.05) is 11.9 Å². The zero-order valence-electron chi connectivity index (χ0n) is 14.0. The number of anilines is 1. The number of rotatable bonds is 5. The number of carbonyl (C=O) groups is 1. The molecule has 0 saturated carbocycles. The molecular formula is C19H16N4O2S. The number of carbonyl (C=O) groups excluding carboxylic acids is 1. The molecule has 4 aromatic rings. The minimum Gasteiger partial charge on any atom is -0.494 e. The van der Waals surface area contributed by atoms with E-state index in [1.54, 1.807) is 40.2 Å². The van der Waals surface area contributed by atoms with Crippen LogP contribution in [-0.2, 0) is 0 Å². The summed E-state index contributed by atoms with van der Waals surface area (Å²) in [6.45, 7) is 2.53. The molecule has 1 aromatic carbocycles. The molecule has 0 unspecified atom stereocenters. The monoisotopic (exact) mass is 364 g/mol. The summed E-state index contributed by atoms with van der Waals surface area (Å²) in [5.41, 5.74) is 2.54. The summed E-state index contributed by atoms with van der Waals surface area (Å²) in [4.78, 5) is 17.9. The van der Waals surface area contributed by atoms with Gasteiger partial charge in [-0.1, -0.05) is 6.07 Å². The van der Waals surface area contributed by atoms with E-state index in [2.05, 4.69) is 15.4 Å². The second-order valence-corrected chi connectivity index (χ2v) is 6.47. The van der Waals surface area contributed by atoms with Crippen molar-refractivity contribution in [2.45, 2.75) is 6.92 Å². The largest absolute Gasteiger partial charge is 0.494 e. The quantitative estimate of drug-likeness (QED) is 0.579. The lowest BCUT2D eigenvalue weighted by molar-refractivity contribution is 0.102. The molecule has 0 bridgehead atoms. The summed E-state index contributed by atoms with van der Waals surface area (Å²) in [7, 11) is 0. The number of amides is 1. The van der Waals surface area contributed by atoms with E-state index in [9.17, 15) is 4.79 Å². The summed E-state index contributed by atoms with van der Waals surface area (Å²) in [5, 5.41) is 9.29. The Morgan fingerprint density at radius 1 is 1.23 bits per heavy atom. The van der Waals surface area contributed by atoms with Crippen LogP contribution in [0.1, 0.15) is 17.4 Å².